The molecule has 1 saturated heterocycles. The molecule has 212 valence electrons. The number of carbonyl (C=O) groups is 1. The number of nitriles is 2. The number of rotatable bonds is 6. The van der Waals surface area contributed by atoms with Crippen LogP contribution in [-0.4, -0.2) is 51.1 Å². The summed E-state index contributed by atoms with van der Waals surface area (Å²) in [5.74, 6) is -0.920. The molecule has 4 heterocycles. The highest BCUT2D eigenvalue weighted by atomic mass is 35.5. The van der Waals surface area contributed by atoms with Crippen molar-refractivity contribution >= 4 is 40.4 Å². The van der Waals surface area contributed by atoms with Crippen LogP contribution in [-0.2, 0) is 0 Å². The zero-order valence-electron chi connectivity index (χ0n) is 23.2. The fraction of sp³-hybridized carbons (Fsp3) is 0.267. The molecule has 3 aromatic heterocycles. The van der Waals surface area contributed by atoms with E-state index >= 15 is 0 Å². The Bertz CT molecular complexity index is 1840. The van der Waals surface area contributed by atoms with E-state index in [-0.39, 0.29) is 28.1 Å². The molecule has 0 saturated carbocycles. The fourth-order valence-corrected chi connectivity index (χ4v) is 5.45. The quantitative estimate of drug-likeness (QED) is 0.313. The average molecular weight is 583 g/mol. The van der Waals surface area contributed by atoms with E-state index in [0.29, 0.717) is 42.2 Å². The van der Waals surface area contributed by atoms with Crippen LogP contribution in [0, 0.1) is 29.6 Å². The molecule has 1 aliphatic rings. The Balaban J connectivity index is 1.54. The topological polar surface area (TPSA) is 151 Å². The van der Waals surface area contributed by atoms with Crippen molar-refractivity contribution in [3.8, 4) is 12.1 Å². The highest BCUT2D eigenvalue weighted by Crippen LogP contribution is 2.29. The lowest BCUT2D eigenvalue weighted by molar-refractivity contribution is 0.0691. The van der Waals surface area contributed by atoms with Crippen LogP contribution in [0.5, 0.6) is 0 Å². The number of halogens is 1. The maximum absolute atomic E-state index is 13.7. The zero-order valence-corrected chi connectivity index (χ0v) is 23.9. The van der Waals surface area contributed by atoms with Gasteiger partial charge in [-0.15, -0.1) is 0 Å². The summed E-state index contributed by atoms with van der Waals surface area (Å²) in [5, 5.41) is 32.0. The zero-order chi connectivity index (χ0) is 30.1. The van der Waals surface area contributed by atoms with Gasteiger partial charge in [0, 0.05) is 43.1 Å². The van der Waals surface area contributed by atoms with Crippen LogP contribution in [0.2, 0.25) is 5.15 Å². The third-order valence-electron chi connectivity index (χ3n) is 7.35. The second-order valence-electron chi connectivity index (χ2n) is 10.2. The number of benzene rings is 1. The van der Waals surface area contributed by atoms with E-state index in [0.717, 1.165) is 11.3 Å². The molecule has 1 aromatic carbocycles. The van der Waals surface area contributed by atoms with E-state index in [1.54, 1.807) is 24.4 Å². The summed E-state index contributed by atoms with van der Waals surface area (Å²) in [6.45, 7) is 7.45. The van der Waals surface area contributed by atoms with Crippen molar-refractivity contribution in [3.63, 3.8) is 0 Å². The molecule has 1 aliphatic heterocycles. The molecule has 0 aliphatic carbocycles. The third kappa shape index (κ3) is 5.30. The number of piperazine rings is 1. The number of carboxylic acid groups (broad SMARTS) is 1. The largest absolute Gasteiger partial charge is 0.476 e. The minimum absolute atomic E-state index is 0.0431. The Hall–Kier alpha value is -5.13. The van der Waals surface area contributed by atoms with Gasteiger partial charge in [0.25, 0.3) is 5.56 Å². The maximum Gasteiger partial charge on any atom is 0.356 e. The maximum atomic E-state index is 13.7. The number of pyridine rings is 2. The van der Waals surface area contributed by atoms with Gasteiger partial charge in [-0.3, -0.25) is 9.20 Å². The van der Waals surface area contributed by atoms with Gasteiger partial charge in [-0.25, -0.2) is 14.8 Å². The molecule has 42 heavy (non-hydrogen) atoms. The van der Waals surface area contributed by atoms with E-state index in [1.165, 1.54) is 10.5 Å². The van der Waals surface area contributed by atoms with E-state index in [4.69, 9.17) is 21.8 Å². The van der Waals surface area contributed by atoms with E-state index in [1.807, 2.05) is 43.9 Å². The minimum Gasteiger partial charge on any atom is -0.476 e. The van der Waals surface area contributed by atoms with E-state index in [9.17, 15) is 20.0 Å². The van der Waals surface area contributed by atoms with Crippen LogP contribution in [0.1, 0.15) is 52.6 Å². The van der Waals surface area contributed by atoms with Crippen molar-refractivity contribution in [2.75, 3.05) is 34.8 Å². The molecule has 0 spiro atoms. The standard InChI is InChI=1S/C30H27ClN8O3/c1-17-12-22(19(3)34-24-8-9-25(31)35-26(24)30(41)42)27-36-28(23(14-33)29(40)39(27)15-17)38-11-10-37(16-18(38)2)21-6-4-20(13-32)5-7-21/h4-9,12,15,18-19,34H,10-11,16H2,1-3H3,(H,41,42)/t18-,19+/m0/s1. The number of carboxylic acids is 1. The van der Waals surface area contributed by atoms with Gasteiger partial charge in [0.2, 0.25) is 0 Å². The van der Waals surface area contributed by atoms with Crippen molar-refractivity contribution in [3.05, 3.63) is 92.1 Å². The lowest BCUT2D eigenvalue weighted by Crippen LogP contribution is -2.53. The van der Waals surface area contributed by atoms with Crippen LogP contribution < -0.4 is 20.7 Å². The van der Waals surface area contributed by atoms with Gasteiger partial charge in [-0.1, -0.05) is 11.6 Å². The number of nitrogens with zero attached hydrogens (tertiary/aromatic N) is 7. The molecule has 12 heteroatoms. The van der Waals surface area contributed by atoms with Crippen LogP contribution in [0.4, 0.5) is 17.2 Å². The lowest BCUT2D eigenvalue weighted by atomic mass is 10.1. The summed E-state index contributed by atoms with van der Waals surface area (Å²) in [5.41, 5.74) is 2.88. The van der Waals surface area contributed by atoms with Crippen molar-refractivity contribution in [2.24, 2.45) is 0 Å². The van der Waals surface area contributed by atoms with Crippen LogP contribution in [0.3, 0.4) is 0 Å². The van der Waals surface area contributed by atoms with Crippen molar-refractivity contribution in [1.82, 2.24) is 14.4 Å². The first kappa shape index (κ1) is 28.4. The molecule has 0 bridgehead atoms. The number of aryl methyl sites for hydroxylation is 1. The summed E-state index contributed by atoms with van der Waals surface area (Å²) >= 11 is 5.92. The highest BCUT2D eigenvalue weighted by Gasteiger charge is 2.29. The smallest absolute Gasteiger partial charge is 0.356 e. The predicted octanol–water partition coefficient (Wildman–Crippen LogP) is 4.38. The predicted molar refractivity (Wildman–Crippen MR) is 159 cm³/mol. The summed E-state index contributed by atoms with van der Waals surface area (Å²) in [6.07, 6.45) is 1.64. The SMILES string of the molecule is Cc1cc([C@@H](C)Nc2ccc(Cl)nc2C(=O)O)c2nc(N3CCN(c4ccc(C#N)cc4)C[C@@H]3C)c(C#N)c(=O)n2c1. The van der Waals surface area contributed by atoms with Crippen molar-refractivity contribution in [1.29, 1.82) is 10.5 Å². The van der Waals surface area contributed by atoms with Gasteiger partial charge in [0.1, 0.15) is 16.9 Å². The number of anilines is 3. The molecule has 1 fully saturated rings. The Morgan fingerprint density at radius 3 is 2.52 bits per heavy atom. The molecule has 2 N–H and O–H groups in total. The first-order valence-electron chi connectivity index (χ1n) is 13.3. The third-order valence-corrected chi connectivity index (χ3v) is 7.56. The number of aromatic nitrogens is 3. The van der Waals surface area contributed by atoms with Crippen LogP contribution in [0.15, 0.2) is 53.5 Å². The van der Waals surface area contributed by atoms with Gasteiger partial charge < -0.3 is 20.2 Å². The Labute approximate surface area is 246 Å². The number of aromatic carboxylic acids is 1. The number of nitrogens with one attached hydrogen (secondary N) is 1. The molecular weight excluding hydrogens is 556 g/mol. The summed E-state index contributed by atoms with van der Waals surface area (Å²) in [7, 11) is 0. The molecule has 0 amide bonds. The van der Waals surface area contributed by atoms with Crippen molar-refractivity contribution < 1.29 is 9.90 Å². The van der Waals surface area contributed by atoms with Crippen LogP contribution >= 0.6 is 11.6 Å². The Morgan fingerprint density at radius 1 is 1.14 bits per heavy atom. The highest BCUT2D eigenvalue weighted by molar-refractivity contribution is 6.29. The molecule has 11 nitrogen and oxygen atoms in total. The molecule has 0 unspecified atom stereocenters. The summed E-state index contributed by atoms with van der Waals surface area (Å²) in [6, 6.07) is 15.9. The Morgan fingerprint density at radius 2 is 1.88 bits per heavy atom. The normalized spacial score (nSPS) is 15.6. The second-order valence-corrected chi connectivity index (χ2v) is 10.6. The Kier molecular flexibility index (Phi) is 7.70. The van der Waals surface area contributed by atoms with Gasteiger partial charge in [0.05, 0.1) is 23.4 Å². The molecule has 5 rings (SSSR count). The summed E-state index contributed by atoms with van der Waals surface area (Å²) < 4.78 is 1.38. The van der Waals surface area contributed by atoms with E-state index in [2.05, 4.69) is 27.3 Å². The minimum atomic E-state index is -1.23. The van der Waals surface area contributed by atoms with Gasteiger partial charge in [0.15, 0.2) is 17.1 Å². The fourth-order valence-electron chi connectivity index (χ4n) is 5.30. The second kappa shape index (κ2) is 11.4. The lowest BCUT2D eigenvalue weighted by Gasteiger charge is -2.42. The molecule has 0 radical (unpaired) electrons. The molecule has 4 aromatic rings. The summed E-state index contributed by atoms with van der Waals surface area (Å²) in [4.78, 5) is 38.5. The van der Waals surface area contributed by atoms with Gasteiger partial charge >= 0.3 is 5.97 Å². The van der Waals surface area contributed by atoms with Gasteiger partial charge in [-0.05, 0) is 68.8 Å². The molecule has 2 atom stereocenters. The van der Waals surface area contributed by atoms with Gasteiger partial charge in [-0.2, -0.15) is 10.5 Å². The first-order chi connectivity index (χ1) is 20.1. The van der Waals surface area contributed by atoms with E-state index < -0.39 is 17.6 Å². The molecular formula is C30H27ClN8O3. The average Bonchev–Trinajstić information content (AvgIpc) is 2.97. The first-order valence-corrected chi connectivity index (χ1v) is 13.6. The number of hydrogen-bond donors (Lipinski definition) is 2. The number of hydrogen-bond acceptors (Lipinski definition) is 9. The van der Waals surface area contributed by atoms with Crippen molar-refractivity contribution in [2.45, 2.75) is 32.9 Å². The monoisotopic (exact) mass is 582 g/mol. The van der Waals surface area contributed by atoms with Crippen LogP contribution in [0.25, 0.3) is 5.65 Å². The number of fused-ring (bicyclic) bond motifs is 1.